The molecule has 0 aliphatic carbocycles. The van der Waals surface area contributed by atoms with E-state index in [9.17, 15) is 9.18 Å². The van der Waals surface area contributed by atoms with E-state index in [0.717, 1.165) is 40.2 Å². The summed E-state index contributed by atoms with van der Waals surface area (Å²) in [6.45, 7) is 3.50. The second-order valence-corrected chi connectivity index (χ2v) is 8.88. The summed E-state index contributed by atoms with van der Waals surface area (Å²) in [6.07, 6.45) is 1.29. The molecule has 0 saturated carbocycles. The monoisotopic (exact) mass is 425 g/mol. The molecule has 5 heteroatoms. The van der Waals surface area contributed by atoms with Gasteiger partial charge >= 0.3 is 0 Å². The van der Waals surface area contributed by atoms with Crippen molar-refractivity contribution in [3.8, 4) is 0 Å². The molecule has 2 unspecified atom stereocenters. The second-order valence-electron chi connectivity index (χ2n) is 8.88. The van der Waals surface area contributed by atoms with Crippen molar-refractivity contribution in [1.29, 1.82) is 0 Å². The molecule has 3 heterocycles. The molecule has 32 heavy (non-hydrogen) atoms. The van der Waals surface area contributed by atoms with Gasteiger partial charge in [-0.2, -0.15) is 0 Å². The fourth-order valence-electron chi connectivity index (χ4n) is 5.09. The summed E-state index contributed by atoms with van der Waals surface area (Å²) in [6, 6.07) is 21.2. The van der Waals surface area contributed by atoms with E-state index < -0.39 is 0 Å². The van der Waals surface area contributed by atoms with Crippen LogP contribution < -0.4 is 5.32 Å². The molecule has 0 amide bonds. The summed E-state index contributed by atoms with van der Waals surface area (Å²) in [5.41, 5.74) is 6.91. The summed E-state index contributed by atoms with van der Waals surface area (Å²) in [5, 5.41) is 3.68. The molecule has 3 aliphatic rings. The van der Waals surface area contributed by atoms with Crippen molar-refractivity contribution in [2.75, 3.05) is 25.0 Å². The van der Waals surface area contributed by atoms with Gasteiger partial charge in [0.15, 0.2) is 5.78 Å². The van der Waals surface area contributed by atoms with Crippen molar-refractivity contribution in [1.82, 2.24) is 4.90 Å². The highest BCUT2D eigenvalue weighted by Crippen LogP contribution is 2.45. The Morgan fingerprint density at radius 3 is 2.44 bits per heavy atom. The van der Waals surface area contributed by atoms with Crippen LogP contribution in [0, 0.1) is 5.82 Å². The topological polar surface area (TPSA) is 44.7 Å². The molecule has 0 radical (unpaired) electrons. The third kappa shape index (κ3) is 3.24. The van der Waals surface area contributed by atoms with Crippen molar-refractivity contribution >= 4 is 17.2 Å². The van der Waals surface area contributed by atoms with Crippen LogP contribution >= 0.6 is 0 Å². The standard InChI is InChI=1S/C27H24FN3O/c28-20-11-9-18(10-12-20)24-26(19-7-5-17(6-8-19)16-31-13-2-14-31)30-22-4-1-3-21-23(32)15-29-27(24)25(21)22/h1,3-12,24,26,30H,2,13-16H2. The van der Waals surface area contributed by atoms with E-state index in [1.807, 2.05) is 30.3 Å². The predicted molar refractivity (Wildman–Crippen MR) is 124 cm³/mol. The number of aliphatic imine (C=N–C) groups is 1. The molecule has 6 rings (SSSR count). The van der Waals surface area contributed by atoms with Gasteiger partial charge in [0.25, 0.3) is 0 Å². The SMILES string of the molecule is O=C1CN=C2c3c(cccc31)NC(c1ccc(CN3CCC3)cc1)C2c1ccc(F)cc1. The van der Waals surface area contributed by atoms with E-state index in [0.29, 0.717) is 0 Å². The number of likely N-dealkylation sites (tertiary alicyclic amines) is 1. The van der Waals surface area contributed by atoms with Gasteiger partial charge in [0.05, 0.1) is 17.7 Å². The molecule has 0 bridgehead atoms. The lowest BCUT2D eigenvalue weighted by Gasteiger charge is -2.38. The van der Waals surface area contributed by atoms with Gasteiger partial charge in [-0.1, -0.05) is 48.5 Å². The number of nitrogens with zero attached hydrogens (tertiary/aromatic N) is 2. The van der Waals surface area contributed by atoms with Gasteiger partial charge in [-0.3, -0.25) is 14.7 Å². The zero-order chi connectivity index (χ0) is 21.7. The molecule has 1 saturated heterocycles. The molecule has 0 spiro atoms. The molecule has 2 atom stereocenters. The van der Waals surface area contributed by atoms with E-state index in [1.165, 1.54) is 37.2 Å². The molecule has 3 aromatic carbocycles. The van der Waals surface area contributed by atoms with Crippen LogP contribution in [0.4, 0.5) is 10.1 Å². The molecule has 4 nitrogen and oxygen atoms in total. The van der Waals surface area contributed by atoms with Gasteiger partial charge in [0.1, 0.15) is 12.4 Å². The Balaban J connectivity index is 1.44. The predicted octanol–water partition coefficient (Wildman–Crippen LogP) is 4.97. The van der Waals surface area contributed by atoms with Gasteiger partial charge in [0.2, 0.25) is 0 Å². The Hall–Kier alpha value is -3.31. The minimum Gasteiger partial charge on any atom is -0.377 e. The van der Waals surface area contributed by atoms with Crippen molar-refractivity contribution in [2.45, 2.75) is 24.9 Å². The largest absolute Gasteiger partial charge is 0.377 e. The van der Waals surface area contributed by atoms with Crippen LogP contribution in [0.5, 0.6) is 0 Å². The Kier molecular flexibility index (Phi) is 4.65. The summed E-state index contributed by atoms with van der Waals surface area (Å²) >= 11 is 0. The molecule has 160 valence electrons. The Morgan fingerprint density at radius 1 is 0.969 bits per heavy atom. The quantitative estimate of drug-likeness (QED) is 0.642. The van der Waals surface area contributed by atoms with Crippen molar-refractivity contribution in [2.24, 2.45) is 4.99 Å². The lowest BCUT2D eigenvalue weighted by atomic mass is 9.75. The first-order chi connectivity index (χ1) is 15.7. The van der Waals surface area contributed by atoms with E-state index in [-0.39, 0.29) is 30.1 Å². The first-order valence-electron chi connectivity index (χ1n) is 11.2. The Morgan fingerprint density at radius 2 is 1.72 bits per heavy atom. The van der Waals surface area contributed by atoms with E-state index in [4.69, 9.17) is 4.99 Å². The summed E-state index contributed by atoms with van der Waals surface area (Å²) in [5.74, 6) is -0.330. The van der Waals surface area contributed by atoms with E-state index in [2.05, 4.69) is 34.5 Å². The van der Waals surface area contributed by atoms with Crippen LogP contribution in [-0.2, 0) is 6.54 Å². The highest BCUT2D eigenvalue weighted by molar-refractivity contribution is 6.21. The summed E-state index contributed by atoms with van der Waals surface area (Å²) in [4.78, 5) is 19.7. The van der Waals surface area contributed by atoms with Crippen LogP contribution in [0.2, 0.25) is 0 Å². The third-order valence-corrected chi connectivity index (χ3v) is 6.88. The number of rotatable bonds is 4. The number of hydrogen-bond acceptors (Lipinski definition) is 4. The minimum absolute atomic E-state index is 0.0408. The molecular formula is C27H24FN3O. The summed E-state index contributed by atoms with van der Waals surface area (Å²) in [7, 11) is 0. The zero-order valence-corrected chi connectivity index (χ0v) is 17.7. The highest BCUT2D eigenvalue weighted by Gasteiger charge is 2.39. The number of nitrogens with one attached hydrogen (secondary N) is 1. The van der Waals surface area contributed by atoms with Crippen LogP contribution in [-0.4, -0.2) is 36.0 Å². The number of carbonyl (C=O) groups excluding carboxylic acids is 1. The first kappa shape index (κ1) is 19.4. The Labute approximate surface area is 186 Å². The van der Waals surface area contributed by atoms with Crippen LogP contribution in [0.1, 0.15) is 51.0 Å². The number of Topliss-reactive ketones (excluding diaryl/α,β-unsaturated/α-hetero) is 1. The number of halogens is 1. The highest BCUT2D eigenvalue weighted by atomic mass is 19.1. The maximum atomic E-state index is 13.7. The number of ketones is 1. The average molecular weight is 426 g/mol. The molecular weight excluding hydrogens is 401 g/mol. The van der Waals surface area contributed by atoms with Crippen LogP contribution in [0.15, 0.2) is 71.7 Å². The lowest BCUT2D eigenvalue weighted by molar-refractivity contribution is 0.1000. The molecule has 3 aliphatic heterocycles. The maximum absolute atomic E-state index is 13.7. The normalized spacial score (nSPS) is 21.9. The third-order valence-electron chi connectivity index (χ3n) is 6.88. The van der Waals surface area contributed by atoms with Crippen molar-refractivity contribution in [3.05, 3.63) is 100 Å². The van der Waals surface area contributed by atoms with E-state index in [1.54, 1.807) is 0 Å². The fraction of sp³-hybridized carbons (Fsp3) is 0.259. The van der Waals surface area contributed by atoms with Gasteiger partial charge in [-0.25, -0.2) is 4.39 Å². The van der Waals surface area contributed by atoms with Gasteiger partial charge in [-0.05, 0) is 54.4 Å². The smallest absolute Gasteiger partial charge is 0.184 e. The van der Waals surface area contributed by atoms with Gasteiger partial charge < -0.3 is 5.32 Å². The van der Waals surface area contributed by atoms with Crippen molar-refractivity contribution in [3.63, 3.8) is 0 Å². The van der Waals surface area contributed by atoms with Crippen LogP contribution in [0.3, 0.4) is 0 Å². The molecule has 3 aromatic rings. The van der Waals surface area contributed by atoms with E-state index >= 15 is 0 Å². The number of anilines is 1. The first-order valence-corrected chi connectivity index (χ1v) is 11.2. The Bertz CT molecular complexity index is 1210. The zero-order valence-electron chi connectivity index (χ0n) is 17.7. The minimum atomic E-state index is -0.258. The average Bonchev–Trinajstić information content (AvgIpc) is 2.79. The second kappa shape index (κ2) is 7.68. The number of hydrogen-bond donors (Lipinski definition) is 1. The number of benzene rings is 3. The van der Waals surface area contributed by atoms with Gasteiger partial charge in [-0.15, -0.1) is 0 Å². The number of carbonyl (C=O) groups is 1. The van der Waals surface area contributed by atoms with Crippen LogP contribution in [0.25, 0.3) is 0 Å². The molecule has 1 N–H and O–H groups in total. The molecule has 1 fully saturated rings. The fourth-order valence-corrected chi connectivity index (χ4v) is 5.09. The van der Waals surface area contributed by atoms with Crippen molar-refractivity contribution < 1.29 is 9.18 Å². The summed E-state index contributed by atoms with van der Waals surface area (Å²) < 4.78 is 13.7. The maximum Gasteiger partial charge on any atom is 0.184 e. The van der Waals surface area contributed by atoms with Gasteiger partial charge in [0, 0.05) is 23.4 Å². The molecule has 0 aromatic heterocycles. The lowest BCUT2D eigenvalue weighted by Crippen LogP contribution is -2.36.